The highest BCUT2D eigenvalue weighted by Gasteiger charge is 2.14. The molecule has 1 N–H and O–H groups in total. The molecule has 0 aliphatic carbocycles. The lowest BCUT2D eigenvalue weighted by atomic mass is 10.1. The molecule has 0 spiro atoms. The van der Waals surface area contributed by atoms with Gasteiger partial charge in [-0.3, -0.25) is 4.98 Å². The van der Waals surface area contributed by atoms with E-state index in [2.05, 4.69) is 42.1 Å². The second-order valence-corrected chi connectivity index (χ2v) is 5.08. The molecule has 3 nitrogen and oxygen atoms in total. The van der Waals surface area contributed by atoms with E-state index in [0.717, 1.165) is 5.69 Å². The van der Waals surface area contributed by atoms with E-state index in [-0.39, 0.29) is 0 Å². The van der Waals surface area contributed by atoms with Gasteiger partial charge in [0.25, 0.3) is 0 Å². The van der Waals surface area contributed by atoms with E-state index in [4.69, 9.17) is 0 Å². The topological polar surface area (TPSA) is 37.8 Å². The van der Waals surface area contributed by atoms with Gasteiger partial charge < -0.3 is 5.32 Å². The molecule has 2 aromatic rings. The van der Waals surface area contributed by atoms with Gasteiger partial charge in [0.05, 0.1) is 11.2 Å². The molecule has 2 aromatic heterocycles. The highest BCUT2D eigenvalue weighted by molar-refractivity contribution is 7.09. The molecule has 0 saturated heterocycles. The monoisotopic (exact) mass is 247 g/mol. The molecular weight excluding hydrogens is 230 g/mol. The molecule has 2 rings (SSSR count). The standard InChI is InChI=1S/C13H17N3S/c1-9(12-5-4-6-14-7-12)16-11(3)13-10(2)15-8-17-13/h4-9,11,16H,1-3H3/t9-,11?/m1/s1. The van der Waals surface area contributed by atoms with Crippen LogP contribution in [0, 0.1) is 6.92 Å². The van der Waals surface area contributed by atoms with Gasteiger partial charge in [0.15, 0.2) is 0 Å². The molecule has 0 aromatic carbocycles. The predicted octanol–water partition coefficient (Wildman–Crippen LogP) is 3.26. The zero-order valence-corrected chi connectivity index (χ0v) is 11.2. The van der Waals surface area contributed by atoms with Crippen molar-refractivity contribution in [2.75, 3.05) is 0 Å². The molecule has 0 saturated carbocycles. The van der Waals surface area contributed by atoms with E-state index in [0.29, 0.717) is 12.1 Å². The van der Waals surface area contributed by atoms with E-state index >= 15 is 0 Å². The number of nitrogens with one attached hydrogen (secondary N) is 1. The molecule has 0 bridgehead atoms. The minimum Gasteiger partial charge on any atom is -0.303 e. The normalized spacial score (nSPS) is 14.5. The van der Waals surface area contributed by atoms with Crippen LogP contribution in [0.25, 0.3) is 0 Å². The number of aryl methyl sites for hydroxylation is 1. The Morgan fingerprint density at radius 1 is 1.29 bits per heavy atom. The van der Waals surface area contributed by atoms with Crippen molar-refractivity contribution in [3.63, 3.8) is 0 Å². The smallest absolute Gasteiger partial charge is 0.0798 e. The fraction of sp³-hybridized carbons (Fsp3) is 0.385. The molecule has 2 atom stereocenters. The third-order valence-corrected chi connectivity index (χ3v) is 3.97. The summed E-state index contributed by atoms with van der Waals surface area (Å²) in [5.41, 5.74) is 4.23. The summed E-state index contributed by atoms with van der Waals surface area (Å²) in [7, 11) is 0. The minimum absolute atomic E-state index is 0.292. The van der Waals surface area contributed by atoms with Gasteiger partial charge in [0.1, 0.15) is 0 Å². The zero-order chi connectivity index (χ0) is 12.3. The number of thiazole rings is 1. The van der Waals surface area contributed by atoms with Crippen molar-refractivity contribution in [3.8, 4) is 0 Å². The first-order valence-electron chi connectivity index (χ1n) is 5.74. The van der Waals surface area contributed by atoms with Crippen molar-refractivity contribution in [2.24, 2.45) is 0 Å². The Hall–Kier alpha value is -1.26. The van der Waals surface area contributed by atoms with E-state index in [9.17, 15) is 0 Å². The number of hydrogen-bond acceptors (Lipinski definition) is 4. The Labute approximate surface area is 106 Å². The maximum atomic E-state index is 4.28. The lowest BCUT2D eigenvalue weighted by molar-refractivity contribution is 0.497. The van der Waals surface area contributed by atoms with Gasteiger partial charge in [-0.05, 0) is 32.4 Å². The average molecular weight is 247 g/mol. The van der Waals surface area contributed by atoms with Crippen LogP contribution in [0.2, 0.25) is 0 Å². The van der Waals surface area contributed by atoms with Gasteiger partial charge in [0.2, 0.25) is 0 Å². The van der Waals surface area contributed by atoms with Crippen molar-refractivity contribution in [2.45, 2.75) is 32.9 Å². The third kappa shape index (κ3) is 2.90. The Morgan fingerprint density at radius 2 is 2.12 bits per heavy atom. The second kappa shape index (κ2) is 5.38. The summed E-state index contributed by atoms with van der Waals surface area (Å²) in [6.45, 7) is 6.38. The summed E-state index contributed by atoms with van der Waals surface area (Å²) < 4.78 is 0. The summed E-state index contributed by atoms with van der Waals surface area (Å²) in [6.07, 6.45) is 3.71. The molecular formula is C13H17N3S. The van der Waals surface area contributed by atoms with Crippen LogP contribution in [0.4, 0.5) is 0 Å². The van der Waals surface area contributed by atoms with Crippen molar-refractivity contribution in [3.05, 3.63) is 46.2 Å². The highest BCUT2D eigenvalue weighted by Crippen LogP contribution is 2.24. The predicted molar refractivity (Wildman–Crippen MR) is 71.1 cm³/mol. The van der Waals surface area contributed by atoms with Crippen molar-refractivity contribution in [1.82, 2.24) is 15.3 Å². The van der Waals surface area contributed by atoms with Crippen LogP contribution in [0.15, 0.2) is 30.0 Å². The summed E-state index contributed by atoms with van der Waals surface area (Å²) in [5.74, 6) is 0. The van der Waals surface area contributed by atoms with Crippen molar-refractivity contribution >= 4 is 11.3 Å². The van der Waals surface area contributed by atoms with Gasteiger partial charge in [0, 0.05) is 29.4 Å². The first-order chi connectivity index (χ1) is 8.18. The number of pyridine rings is 1. The van der Waals surface area contributed by atoms with Crippen molar-refractivity contribution < 1.29 is 0 Å². The molecule has 0 amide bonds. The Bertz CT molecular complexity index is 467. The lowest BCUT2D eigenvalue weighted by Gasteiger charge is -2.19. The van der Waals surface area contributed by atoms with Crippen LogP contribution in [0.3, 0.4) is 0 Å². The molecule has 2 heterocycles. The van der Waals surface area contributed by atoms with E-state index in [1.807, 2.05) is 17.8 Å². The SMILES string of the molecule is Cc1ncsc1C(C)N[C@H](C)c1cccnc1. The summed E-state index contributed by atoms with van der Waals surface area (Å²) >= 11 is 1.71. The molecule has 0 aliphatic heterocycles. The number of rotatable bonds is 4. The minimum atomic E-state index is 0.292. The molecule has 0 aliphatic rings. The fourth-order valence-electron chi connectivity index (χ4n) is 1.91. The summed E-state index contributed by atoms with van der Waals surface area (Å²) in [4.78, 5) is 9.73. The first kappa shape index (κ1) is 12.2. The number of aromatic nitrogens is 2. The van der Waals surface area contributed by atoms with E-state index < -0.39 is 0 Å². The van der Waals surface area contributed by atoms with E-state index in [1.54, 1.807) is 17.5 Å². The molecule has 4 heteroatoms. The Kier molecular flexibility index (Phi) is 3.86. The summed E-state index contributed by atoms with van der Waals surface area (Å²) in [6, 6.07) is 4.67. The van der Waals surface area contributed by atoms with Crippen LogP contribution in [0.5, 0.6) is 0 Å². The highest BCUT2D eigenvalue weighted by atomic mass is 32.1. The first-order valence-corrected chi connectivity index (χ1v) is 6.62. The third-order valence-electron chi connectivity index (χ3n) is 2.86. The molecule has 0 fully saturated rings. The zero-order valence-electron chi connectivity index (χ0n) is 10.3. The molecule has 0 radical (unpaired) electrons. The average Bonchev–Trinajstić information content (AvgIpc) is 2.76. The molecule has 1 unspecified atom stereocenters. The largest absolute Gasteiger partial charge is 0.303 e. The molecule has 90 valence electrons. The Balaban J connectivity index is 2.05. The molecule has 17 heavy (non-hydrogen) atoms. The fourth-order valence-corrected chi connectivity index (χ4v) is 2.73. The van der Waals surface area contributed by atoms with Crippen molar-refractivity contribution in [1.29, 1.82) is 0 Å². The second-order valence-electron chi connectivity index (χ2n) is 4.20. The summed E-state index contributed by atoms with van der Waals surface area (Å²) in [5, 5.41) is 3.57. The van der Waals surface area contributed by atoms with Crippen LogP contribution in [-0.4, -0.2) is 9.97 Å². The van der Waals surface area contributed by atoms with Crippen LogP contribution in [0.1, 0.15) is 42.1 Å². The Morgan fingerprint density at radius 3 is 2.71 bits per heavy atom. The maximum absolute atomic E-state index is 4.28. The van der Waals surface area contributed by atoms with Gasteiger partial charge >= 0.3 is 0 Å². The number of hydrogen-bond donors (Lipinski definition) is 1. The van der Waals surface area contributed by atoms with E-state index in [1.165, 1.54) is 10.4 Å². The maximum Gasteiger partial charge on any atom is 0.0798 e. The quantitative estimate of drug-likeness (QED) is 0.901. The van der Waals surface area contributed by atoms with Gasteiger partial charge in [-0.1, -0.05) is 6.07 Å². The van der Waals surface area contributed by atoms with Gasteiger partial charge in [-0.25, -0.2) is 4.98 Å². The van der Waals surface area contributed by atoms with Crippen LogP contribution >= 0.6 is 11.3 Å². The van der Waals surface area contributed by atoms with Gasteiger partial charge in [-0.15, -0.1) is 11.3 Å². The van der Waals surface area contributed by atoms with Crippen LogP contribution < -0.4 is 5.32 Å². The van der Waals surface area contributed by atoms with Crippen LogP contribution in [-0.2, 0) is 0 Å². The van der Waals surface area contributed by atoms with Gasteiger partial charge in [-0.2, -0.15) is 0 Å². The lowest BCUT2D eigenvalue weighted by Crippen LogP contribution is -2.22. The number of nitrogens with zero attached hydrogens (tertiary/aromatic N) is 2.